The summed E-state index contributed by atoms with van der Waals surface area (Å²) < 4.78 is 1.26. The van der Waals surface area contributed by atoms with Crippen molar-refractivity contribution in [2.45, 2.75) is 30.7 Å². The third kappa shape index (κ3) is 4.55. The van der Waals surface area contributed by atoms with E-state index in [4.69, 9.17) is 0 Å². The van der Waals surface area contributed by atoms with Gasteiger partial charge in [-0.3, -0.25) is 0 Å². The first-order valence-corrected chi connectivity index (χ1v) is 7.09. The van der Waals surface area contributed by atoms with Crippen LogP contribution in [0.4, 0.5) is 4.79 Å². The number of hydrogen-bond acceptors (Lipinski definition) is 4. The van der Waals surface area contributed by atoms with Crippen molar-refractivity contribution in [1.29, 1.82) is 0 Å². The van der Waals surface area contributed by atoms with Crippen molar-refractivity contribution in [1.82, 2.24) is 19.7 Å². The fraction of sp³-hybridized carbons (Fsp3) is 0.462. The van der Waals surface area contributed by atoms with Gasteiger partial charge in [0.2, 0.25) is 5.16 Å². The van der Waals surface area contributed by atoms with Crippen molar-refractivity contribution in [3.63, 3.8) is 0 Å². The van der Waals surface area contributed by atoms with Gasteiger partial charge < -0.3 is 4.90 Å². The zero-order valence-electron chi connectivity index (χ0n) is 11.5. The van der Waals surface area contributed by atoms with Gasteiger partial charge in [0.05, 0.1) is 0 Å². The first-order chi connectivity index (χ1) is 9.12. The van der Waals surface area contributed by atoms with Crippen LogP contribution in [0.15, 0.2) is 36.8 Å². The number of carbonyl (C=O) groups is 1. The van der Waals surface area contributed by atoms with Crippen LogP contribution in [0.25, 0.3) is 0 Å². The number of amides is 1. The smallest absolute Gasteiger partial charge is 0.315 e. The SMILES string of the molecule is C=CCN(CC=C)C(=O)n1cnc(SC(C)CC)n1. The number of rotatable bonds is 7. The van der Waals surface area contributed by atoms with E-state index in [9.17, 15) is 4.79 Å². The van der Waals surface area contributed by atoms with E-state index in [0.717, 1.165) is 6.42 Å². The van der Waals surface area contributed by atoms with Crippen molar-refractivity contribution in [2.75, 3.05) is 13.1 Å². The van der Waals surface area contributed by atoms with E-state index in [-0.39, 0.29) is 6.03 Å². The monoisotopic (exact) mass is 280 g/mol. The van der Waals surface area contributed by atoms with Crippen LogP contribution < -0.4 is 0 Å². The first kappa shape index (κ1) is 15.5. The molecule has 0 aliphatic rings. The summed E-state index contributed by atoms with van der Waals surface area (Å²) in [5.41, 5.74) is 0. The Balaban J connectivity index is 2.75. The molecule has 0 N–H and O–H groups in total. The average Bonchev–Trinajstić information content (AvgIpc) is 2.86. The molecular formula is C13H20N4OS. The molecule has 0 fully saturated rings. The van der Waals surface area contributed by atoms with Crippen LogP contribution in [0.1, 0.15) is 20.3 Å². The number of thioether (sulfide) groups is 1. The van der Waals surface area contributed by atoms with Gasteiger partial charge in [-0.25, -0.2) is 9.78 Å². The Morgan fingerprint density at radius 3 is 2.68 bits per heavy atom. The molecule has 0 aromatic carbocycles. The third-order valence-electron chi connectivity index (χ3n) is 2.52. The second-order valence-electron chi connectivity index (χ2n) is 4.07. The summed E-state index contributed by atoms with van der Waals surface area (Å²) in [6, 6.07) is -0.219. The van der Waals surface area contributed by atoms with Gasteiger partial charge in [-0.2, -0.15) is 4.68 Å². The molecule has 1 atom stereocenters. The highest BCUT2D eigenvalue weighted by Gasteiger charge is 2.16. The lowest BCUT2D eigenvalue weighted by molar-refractivity contribution is 0.206. The van der Waals surface area contributed by atoms with Gasteiger partial charge in [-0.1, -0.05) is 37.8 Å². The molecule has 1 amide bonds. The molecule has 6 heteroatoms. The number of aromatic nitrogens is 3. The quantitative estimate of drug-likeness (QED) is 0.569. The molecule has 1 rings (SSSR count). The highest BCUT2D eigenvalue weighted by molar-refractivity contribution is 7.99. The summed E-state index contributed by atoms with van der Waals surface area (Å²) in [7, 11) is 0. The number of carbonyl (C=O) groups excluding carboxylic acids is 1. The lowest BCUT2D eigenvalue weighted by Gasteiger charge is -2.17. The zero-order chi connectivity index (χ0) is 14.3. The van der Waals surface area contributed by atoms with E-state index in [1.54, 1.807) is 28.8 Å². The van der Waals surface area contributed by atoms with Crippen molar-refractivity contribution in [2.24, 2.45) is 0 Å². The van der Waals surface area contributed by atoms with Gasteiger partial charge in [0, 0.05) is 18.3 Å². The maximum absolute atomic E-state index is 12.2. The zero-order valence-corrected chi connectivity index (χ0v) is 12.3. The van der Waals surface area contributed by atoms with Crippen LogP contribution in [0.3, 0.4) is 0 Å². The molecule has 0 bridgehead atoms. The standard InChI is InChI=1S/C13H20N4OS/c1-5-8-16(9-6-2)13(18)17-10-14-12(15-17)19-11(4)7-3/h5-6,10-11H,1-2,7-9H2,3-4H3. The lowest BCUT2D eigenvalue weighted by Crippen LogP contribution is -2.35. The molecule has 1 unspecified atom stereocenters. The highest BCUT2D eigenvalue weighted by atomic mass is 32.2. The molecule has 5 nitrogen and oxygen atoms in total. The van der Waals surface area contributed by atoms with Crippen LogP contribution >= 0.6 is 11.8 Å². The minimum absolute atomic E-state index is 0.219. The van der Waals surface area contributed by atoms with E-state index < -0.39 is 0 Å². The largest absolute Gasteiger partial charge is 0.346 e. The molecule has 0 aliphatic heterocycles. The molecular weight excluding hydrogens is 260 g/mol. The molecule has 0 radical (unpaired) electrons. The van der Waals surface area contributed by atoms with E-state index >= 15 is 0 Å². The number of hydrogen-bond donors (Lipinski definition) is 0. The van der Waals surface area contributed by atoms with Crippen LogP contribution in [0.5, 0.6) is 0 Å². The molecule has 1 heterocycles. The summed E-state index contributed by atoms with van der Waals surface area (Å²) >= 11 is 1.57. The first-order valence-electron chi connectivity index (χ1n) is 6.21. The topological polar surface area (TPSA) is 51.0 Å². The lowest BCUT2D eigenvalue weighted by atomic mass is 10.4. The van der Waals surface area contributed by atoms with Crippen LogP contribution in [0, 0.1) is 0 Å². The Hall–Kier alpha value is -1.56. The second-order valence-corrected chi connectivity index (χ2v) is 5.48. The Bertz CT molecular complexity index is 434. The van der Waals surface area contributed by atoms with Gasteiger partial charge >= 0.3 is 6.03 Å². The molecule has 0 spiro atoms. The molecule has 1 aromatic heterocycles. The summed E-state index contributed by atoms with van der Waals surface area (Å²) in [6.45, 7) is 12.4. The number of nitrogens with zero attached hydrogens (tertiary/aromatic N) is 4. The normalized spacial score (nSPS) is 11.9. The molecule has 0 saturated heterocycles. The maximum atomic E-state index is 12.2. The van der Waals surface area contributed by atoms with Gasteiger partial charge in [0.25, 0.3) is 0 Å². The predicted octanol–water partition coefficient (Wildman–Crippen LogP) is 2.81. The average molecular weight is 280 g/mol. The highest BCUT2D eigenvalue weighted by Crippen LogP contribution is 2.20. The van der Waals surface area contributed by atoms with Gasteiger partial charge in [-0.15, -0.1) is 18.3 Å². The van der Waals surface area contributed by atoms with Crippen LogP contribution in [0.2, 0.25) is 0 Å². The van der Waals surface area contributed by atoms with Gasteiger partial charge in [-0.05, 0) is 6.42 Å². The fourth-order valence-corrected chi connectivity index (χ4v) is 2.11. The molecule has 0 saturated carbocycles. The molecule has 0 aliphatic carbocycles. The Morgan fingerprint density at radius 1 is 1.53 bits per heavy atom. The van der Waals surface area contributed by atoms with E-state index in [1.807, 2.05) is 0 Å². The summed E-state index contributed by atoms with van der Waals surface area (Å²) in [5, 5.41) is 5.25. The Morgan fingerprint density at radius 2 is 2.16 bits per heavy atom. The summed E-state index contributed by atoms with van der Waals surface area (Å²) in [5.74, 6) is 0. The van der Waals surface area contributed by atoms with Crippen molar-refractivity contribution >= 4 is 17.8 Å². The predicted molar refractivity (Wildman–Crippen MR) is 78.4 cm³/mol. The summed E-state index contributed by atoms with van der Waals surface area (Å²) in [4.78, 5) is 17.9. The van der Waals surface area contributed by atoms with E-state index in [1.165, 1.54) is 11.0 Å². The second kappa shape index (κ2) is 7.78. The maximum Gasteiger partial charge on any atom is 0.346 e. The van der Waals surface area contributed by atoms with E-state index in [2.05, 4.69) is 37.1 Å². The Labute approximate surface area is 118 Å². The van der Waals surface area contributed by atoms with Crippen molar-refractivity contribution in [3.05, 3.63) is 31.6 Å². The fourth-order valence-electron chi connectivity index (χ4n) is 1.34. The summed E-state index contributed by atoms with van der Waals surface area (Å²) in [6.07, 6.45) is 5.83. The van der Waals surface area contributed by atoms with E-state index in [0.29, 0.717) is 23.5 Å². The van der Waals surface area contributed by atoms with Crippen molar-refractivity contribution in [3.8, 4) is 0 Å². The Kier molecular flexibility index (Phi) is 6.35. The molecule has 104 valence electrons. The van der Waals surface area contributed by atoms with Crippen LogP contribution in [-0.4, -0.2) is 44.0 Å². The van der Waals surface area contributed by atoms with Crippen LogP contribution in [-0.2, 0) is 0 Å². The van der Waals surface area contributed by atoms with Gasteiger partial charge in [0.15, 0.2) is 0 Å². The minimum Gasteiger partial charge on any atom is -0.315 e. The van der Waals surface area contributed by atoms with Gasteiger partial charge in [0.1, 0.15) is 6.33 Å². The third-order valence-corrected chi connectivity index (χ3v) is 3.65. The molecule has 19 heavy (non-hydrogen) atoms. The van der Waals surface area contributed by atoms with Crippen molar-refractivity contribution < 1.29 is 4.79 Å². The minimum atomic E-state index is -0.219. The molecule has 1 aromatic rings.